The lowest BCUT2D eigenvalue weighted by molar-refractivity contribution is 0.102. The Morgan fingerprint density at radius 3 is 3.04 bits per heavy atom. The minimum Gasteiger partial charge on any atom is -0.318 e. The van der Waals surface area contributed by atoms with Gasteiger partial charge in [-0.1, -0.05) is 12.1 Å². The van der Waals surface area contributed by atoms with E-state index in [0.717, 1.165) is 5.56 Å². The number of hydrogen-bond donors (Lipinski definition) is 2. The Bertz CT molecular complexity index is 1190. The lowest BCUT2D eigenvalue weighted by Crippen LogP contribution is -2.12. The zero-order valence-electron chi connectivity index (χ0n) is 14.0. The molecular weight excluding hydrogens is 347 g/mol. The summed E-state index contributed by atoms with van der Waals surface area (Å²) in [5.74, 6) is -0.821. The van der Waals surface area contributed by atoms with Gasteiger partial charge in [0, 0.05) is 11.6 Å². The summed E-state index contributed by atoms with van der Waals surface area (Å²) in [6, 6.07) is 13.4. The molecule has 0 saturated heterocycles. The van der Waals surface area contributed by atoms with Gasteiger partial charge in [0.1, 0.15) is 5.82 Å². The summed E-state index contributed by atoms with van der Waals surface area (Å²) >= 11 is 0. The fraction of sp³-hybridized carbons (Fsp3) is 0.0526. The molecule has 0 saturated carbocycles. The van der Waals surface area contributed by atoms with Crippen LogP contribution in [0.5, 0.6) is 0 Å². The Morgan fingerprint density at radius 1 is 1.30 bits per heavy atom. The molecule has 0 bridgehead atoms. The Hall–Kier alpha value is -3.99. The number of aromatic nitrogens is 4. The highest BCUT2D eigenvalue weighted by atomic mass is 19.1. The molecule has 2 N–H and O–H groups in total. The van der Waals surface area contributed by atoms with E-state index in [1.54, 1.807) is 23.0 Å². The average molecular weight is 360 g/mol. The molecule has 7 nitrogen and oxygen atoms in total. The maximum atomic E-state index is 13.2. The first kappa shape index (κ1) is 16.5. The monoisotopic (exact) mass is 360 g/mol. The third-order valence-electron chi connectivity index (χ3n) is 4.03. The number of H-pyrrole nitrogens is 1. The van der Waals surface area contributed by atoms with Crippen molar-refractivity contribution >= 4 is 22.5 Å². The minimum absolute atomic E-state index is 0.180. The number of benzene rings is 2. The number of carbonyl (C=O) groups is 1. The van der Waals surface area contributed by atoms with Crippen molar-refractivity contribution in [3.8, 4) is 6.07 Å². The van der Waals surface area contributed by atoms with Gasteiger partial charge in [0.25, 0.3) is 5.91 Å². The molecule has 4 rings (SSSR count). The SMILES string of the molecule is N#Cc1cccc(Cn2cc(NC(=O)c3n[nH]c4cc(F)ccc34)cn2)c1. The van der Waals surface area contributed by atoms with Crippen LogP contribution >= 0.6 is 0 Å². The van der Waals surface area contributed by atoms with E-state index in [4.69, 9.17) is 5.26 Å². The quantitative estimate of drug-likeness (QED) is 0.584. The lowest BCUT2D eigenvalue weighted by atomic mass is 10.1. The zero-order chi connectivity index (χ0) is 18.8. The van der Waals surface area contributed by atoms with E-state index in [-0.39, 0.29) is 5.69 Å². The second-order valence-electron chi connectivity index (χ2n) is 5.96. The van der Waals surface area contributed by atoms with Crippen LogP contribution in [0.15, 0.2) is 54.9 Å². The topological polar surface area (TPSA) is 99.4 Å². The summed E-state index contributed by atoms with van der Waals surface area (Å²) in [5, 5.41) is 23.1. The van der Waals surface area contributed by atoms with Crippen molar-refractivity contribution in [1.82, 2.24) is 20.0 Å². The lowest BCUT2D eigenvalue weighted by Gasteiger charge is -2.02. The fourth-order valence-corrected chi connectivity index (χ4v) is 2.80. The standard InChI is InChI=1S/C19H13FN6O/c20-14-4-5-16-17(7-14)24-25-18(16)19(27)23-15-9-22-26(11-15)10-13-3-1-2-12(6-13)8-21/h1-7,9,11H,10H2,(H,23,27)(H,24,25). The van der Waals surface area contributed by atoms with Crippen molar-refractivity contribution in [2.45, 2.75) is 6.54 Å². The third kappa shape index (κ3) is 3.39. The maximum Gasteiger partial charge on any atom is 0.276 e. The molecular formula is C19H13FN6O. The van der Waals surface area contributed by atoms with Crippen LogP contribution in [0.25, 0.3) is 10.9 Å². The van der Waals surface area contributed by atoms with E-state index in [1.807, 2.05) is 12.1 Å². The molecule has 2 heterocycles. The van der Waals surface area contributed by atoms with Crippen LogP contribution in [-0.4, -0.2) is 25.9 Å². The van der Waals surface area contributed by atoms with Gasteiger partial charge in [0.15, 0.2) is 5.69 Å². The van der Waals surface area contributed by atoms with Crippen molar-refractivity contribution in [2.75, 3.05) is 5.32 Å². The molecule has 8 heteroatoms. The number of hydrogen-bond acceptors (Lipinski definition) is 4. The maximum absolute atomic E-state index is 13.2. The van der Waals surface area contributed by atoms with E-state index in [9.17, 15) is 9.18 Å². The minimum atomic E-state index is -0.418. The Labute approximate surface area is 153 Å². The fourth-order valence-electron chi connectivity index (χ4n) is 2.80. The van der Waals surface area contributed by atoms with Crippen LogP contribution in [0, 0.1) is 17.1 Å². The van der Waals surface area contributed by atoms with Gasteiger partial charge < -0.3 is 5.32 Å². The van der Waals surface area contributed by atoms with Crippen molar-refractivity contribution in [3.05, 3.63) is 77.5 Å². The van der Waals surface area contributed by atoms with Gasteiger partial charge in [0.2, 0.25) is 0 Å². The molecule has 0 aliphatic carbocycles. The normalized spacial score (nSPS) is 10.7. The van der Waals surface area contributed by atoms with E-state index < -0.39 is 11.7 Å². The molecule has 4 aromatic rings. The molecule has 0 atom stereocenters. The Morgan fingerprint density at radius 2 is 2.19 bits per heavy atom. The molecule has 0 aliphatic heterocycles. The van der Waals surface area contributed by atoms with Gasteiger partial charge in [-0.15, -0.1) is 0 Å². The first-order chi connectivity index (χ1) is 13.1. The summed E-state index contributed by atoms with van der Waals surface area (Å²) in [4.78, 5) is 12.5. The summed E-state index contributed by atoms with van der Waals surface area (Å²) < 4.78 is 14.9. The number of carbonyl (C=O) groups excluding carboxylic acids is 1. The molecule has 1 amide bonds. The number of nitrogens with zero attached hydrogens (tertiary/aromatic N) is 4. The largest absolute Gasteiger partial charge is 0.318 e. The highest BCUT2D eigenvalue weighted by molar-refractivity contribution is 6.10. The second kappa shape index (κ2) is 6.72. The molecule has 0 fully saturated rings. The van der Waals surface area contributed by atoms with E-state index >= 15 is 0 Å². The van der Waals surface area contributed by atoms with Gasteiger partial charge in [-0.25, -0.2) is 4.39 Å². The highest BCUT2D eigenvalue weighted by Crippen LogP contribution is 2.18. The van der Waals surface area contributed by atoms with Gasteiger partial charge in [-0.05, 0) is 35.9 Å². The Kier molecular flexibility index (Phi) is 4.10. The zero-order valence-corrected chi connectivity index (χ0v) is 14.0. The van der Waals surface area contributed by atoms with Crippen molar-refractivity contribution < 1.29 is 9.18 Å². The van der Waals surface area contributed by atoms with E-state index in [1.165, 1.54) is 24.4 Å². The molecule has 0 spiro atoms. The number of nitrogens with one attached hydrogen (secondary N) is 2. The predicted molar refractivity (Wildman–Crippen MR) is 96.5 cm³/mol. The molecule has 0 unspecified atom stereocenters. The van der Waals surface area contributed by atoms with Crippen molar-refractivity contribution in [1.29, 1.82) is 5.26 Å². The van der Waals surface area contributed by atoms with Crippen LogP contribution in [-0.2, 0) is 6.54 Å². The Balaban J connectivity index is 1.50. The summed E-state index contributed by atoms with van der Waals surface area (Å²) in [6.07, 6.45) is 3.21. The number of rotatable bonds is 4. The van der Waals surface area contributed by atoms with Gasteiger partial charge >= 0.3 is 0 Å². The highest BCUT2D eigenvalue weighted by Gasteiger charge is 2.15. The first-order valence-electron chi connectivity index (χ1n) is 8.09. The summed E-state index contributed by atoms with van der Waals surface area (Å²) in [5.41, 5.74) is 2.65. The molecule has 0 radical (unpaired) electrons. The van der Waals surface area contributed by atoms with Crippen molar-refractivity contribution in [3.63, 3.8) is 0 Å². The van der Waals surface area contributed by atoms with E-state index in [0.29, 0.717) is 28.7 Å². The predicted octanol–water partition coefficient (Wildman–Crippen LogP) is 3.07. The number of amides is 1. The summed E-state index contributed by atoms with van der Waals surface area (Å²) in [7, 11) is 0. The molecule has 0 aliphatic rings. The van der Waals surface area contributed by atoms with Crippen LogP contribution in [0.1, 0.15) is 21.6 Å². The van der Waals surface area contributed by atoms with Gasteiger partial charge in [-0.2, -0.15) is 15.5 Å². The first-order valence-corrected chi connectivity index (χ1v) is 8.09. The molecule has 2 aromatic carbocycles. The number of nitriles is 1. The number of aromatic amines is 1. The number of fused-ring (bicyclic) bond motifs is 1. The molecule has 2 aromatic heterocycles. The second-order valence-corrected chi connectivity index (χ2v) is 5.96. The van der Waals surface area contributed by atoms with Gasteiger partial charge in [-0.3, -0.25) is 14.6 Å². The van der Waals surface area contributed by atoms with Crippen LogP contribution < -0.4 is 5.32 Å². The van der Waals surface area contributed by atoms with E-state index in [2.05, 4.69) is 26.7 Å². The third-order valence-corrected chi connectivity index (χ3v) is 4.03. The smallest absolute Gasteiger partial charge is 0.276 e. The number of anilines is 1. The average Bonchev–Trinajstić information content (AvgIpc) is 3.28. The van der Waals surface area contributed by atoms with Gasteiger partial charge in [0.05, 0.1) is 35.6 Å². The van der Waals surface area contributed by atoms with Crippen LogP contribution in [0.2, 0.25) is 0 Å². The van der Waals surface area contributed by atoms with Crippen LogP contribution in [0.3, 0.4) is 0 Å². The molecule has 132 valence electrons. The summed E-state index contributed by atoms with van der Waals surface area (Å²) in [6.45, 7) is 0.468. The molecule has 27 heavy (non-hydrogen) atoms. The van der Waals surface area contributed by atoms with Crippen LogP contribution in [0.4, 0.5) is 10.1 Å². The van der Waals surface area contributed by atoms with Crippen molar-refractivity contribution in [2.24, 2.45) is 0 Å². The number of halogens is 1.